The number of benzene rings is 1. The van der Waals surface area contributed by atoms with Crippen molar-refractivity contribution in [3.05, 3.63) is 27.1 Å². The van der Waals surface area contributed by atoms with E-state index in [1.54, 1.807) is 0 Å². The summed E-state index contributed by atoms with van der Waals surface area (Å²) in [5.41, 5.74) is 0.818. The largest absolute Gasteiger partial charge is 0.325 e. The molecule has 4 nitrogen and oxygen atoms in total. The van der Waals surface area contributed by atoms with Crippen LogP contribution in [0.3, 0.4) is 0 Å². The van der Waals surface area contributed by atoms with E-state index in [-0.39, 0.29) is 5.91 Å². The first-order valence-corrected chi connectivity index (χ1v) is 9.38. The molecule has 1 aliphatic heterocycles. The number of hydrogen-bond acceptors (Lipinski definition) is 3. The van der Waals surface area contributed by atoms with E-state index in [4.69, 9.17) is 0 Å². The zero-order chi connectivity index (χ0) is 15.5. The molecule has 1 aromatic rings. The molecule has 1 aromatic carbocycles. The smallest absolute Gasteiger partial charge is 0.238 e. The van der Waals surface area contributed by atoms with E-state index in [0.29, 0.717) is 6.54 Å². The molecule has 2 aliphatic rings. The average molecular weight is 431 g/mol. The zero-order valence-electron chi connectivity index (χ0n) is 12.5. The van der Waals surface area contributed by atoms with Crippen LogP contribution in [0.2, 0.25) is 0 Å². The lowest BCUT2D eigenvalue weighted by Crippen LogP contribution is -2.49. The van der Waals surface area contributed by atoms with Gasteiger partial charge in [0.2, 0.25) is 5.91 Å². The second-order valence-electron chi connectivity index (χ2n) is 6.23. The Labute approximate surface area is 148 Å². The van der Waals surface area contributed by atoms with Gasteiger partial charge in [-0.3, -0.25) is 9.69 Å². The van der Waals surface area contributed by atoms with Crippen LogP contribution in [-0.4, -0.2) is 55.0 Å². The maximum atomic E-state index is 12.2. The lowest BCUT2D eigenvalue weighted by Gasteiger charge is -2.34. The van der Waals surface area contributed by atoms with E-state index in [1.165, 1.54) is 19.4 Å². The van der Waals surface area contributed by atoms with E-state index in [0.717, 1.165) is 46.7 Å². The van der Waals surface area contributed by atoms with Crippen LogP contribution in [0.25, 0.3) is 0 Å². The van der Waals surface area contributed by atoms with E-state index in [2.05, 4.69) is 47.0 Å². The van der Waals surface area contributed by atoms with Crippen LogP contribution in [0.5, 0.6) is 0 Å². The molecule has 1 heterocycles. The molecular weight excluding hydrogens is 410 g/mol. The van der Waals surface area contributed by atoms with E-state index in [1.807, 2.05) is 18.2 Å². The van der Waals surface area contributed by atoms with Gasteiger partial charge in [0.25, 0.3) is 0 Å². The van der Waals surface area contributed by atoms with Gasteiger partial charge in [-0.25, -0.2) is 0 Å². The van der Waals surface area contributed by atoms with Gasteiger partial charge < -0.3 is 10.2 Å². The average Bonchev–Trinajstić information content (AvgIpc) is 3.23. The molecule has 1 saturated heterocycles. The van der Waals surface area contributed by atoms with Crippen LogP contribution >= 0.6 is 31.9 Å². The van der Waals surface area contributed by atoms with Crippen LogP contribution in [0.15, 0.2) is 27.1 Å². The van der Waals surface area contributed by atoms with Crippen molar-refractivity contribution in [3.63, 3.8) is 0 Å². The van der Waals surface area contributed by atoms with Crippen LogP contribution in [-0.2, 0) is 4.79 Å². The summed E-state index contributed by atoms with van der Waals surface area (Å²) < 4.78 is 1.90. The molecule has 1 saturated carbocycles. The summed E-state index contributed by atoms with van der Waals surface area (Å²) in [6.45, 7) is 5.89. The second-order valence-corrected chi connectivity index (χ2v) is 8.06. The third-order valence-corrected chi connectivity index (χ3v) is 5.11. The molecule has 0 unspecified atom stereocenters. The van der Waals surface area contributed by atoms with Gasteiger partial charge in [-0.2, -0.15) is 0 Å². The molecule has 0 atom stereocenters. The predicted molar refractivity (Wildman–Crippen MR) is 96.1 cm³/mol. The Bertz CT molecular complexity index is 520. The van der Waals surface area contributed by atoms with Crippen molar-refractivity contribution in [2.75, 3.05) is 44.6 Å². The summed E-state index contributed by atoms with van der Waals surface area (Å²) >= 11 is 6.87. The first-order chi connectivity index (χ1) is 10.6. The molecule has 0 radical (unpaired) electrons. The highest BCUT2D eigenvalue weighted by atomic mass is 79.9. The van der Waals surface area contributed by atoms with Gasteiger partial charge >= 0.3 is 0 Å². The minimum atomic E-state index is 0.0562. The van der Waals surface area contributed by atoms with Gasteiger partial charge in [0.15, 0.2) is 0 Å². The fraction of sp³-hybridized carbons (Fsp3) is 0.562. The molecule has 120 valence electrons. The molecular formula is C16H21Br2N3O. The minimum Gasteiger partial charge on any atom is -0.325 e. The van der Waals surface area contributed by atoms with Gasteiger partial charge in [-0.05, 0) is 37.0 Å². The number of hydrogen-bond donors (Lipinski definition) is 1. The van der Waals surface area contributed by atoms with Crippen molar-refractivity contribution < 1.29 is 4.79 Å². The van der Waals surface area contributed by atoms with Crippen LogP contribution in [0.1, 0.15) is 12.8 Å². The highest BCUT2D eigenvalue weighted by molar-refractivity contribution is 9.11. The third kappa shape index (κ3) is 5.05. The van der Waals surface area contributed by atoms with Crippen molar-refractivity contribution in [1.29, 1.82) is 0 Å². The summed E-state index contributed by atoms with van der Waals surface area (Å²) in [5.74, 6) is 1.01. The lowest BCUT2D eigenvalue weighted by atomic mass is 10.2. The molecule has 0 bridgehead atoms. The summed E-state index contributed by atoms with van der Waals surface area (Å²) in [6.07, 6.45) is 2.82. The van der Waals surface area contributed by atoms with Gasteiger partial charge in [0, 0.05) is 47.4 Å². The molecule has 1 aliphatic carbocycles. The molecule has 3 rings (SSSR count). The standard InChI is InChI=1S/C16H21Br2N3O/c17-13-7-14(18)9-15(8-13)19-16(22)11-21-5-3-20(4-6-21)10-12-1-2-12/h7-9,12H,1-6,10-11H2,(H,19,22). The molecule has 0 aromatic heterocycles. The Morgan fingerprint density at radius 1 is 1.05 bits per heavy atom. The molecule has 0 spiro atoms. The second kappa shape index (κ2) is 7.43. The number of nitrogens with one attached hydrogen (secondary N) is 1. The van der Waals surface area contributed by atoms with E-state index >= 15 is 0 Å². The lowest BCUT2D eigenvalue weighted by molar-refractivity contribution is -0.117. The van der Waals surface area contributed by atoms with Crippen LogP contribution < -0.4 is 5.32 Å². The van der Waals surface area contributed by atoms with Crippen LogP contribution in [0.4, 0.5) is 5.69 Å². The van der Waals surface area contributed by atoms with Crippen molar-refractivity contribution >= 4 is 43.5 Å². The normalized spacial score (nSPS) is 20.1. The van der Waals surface area contributed by atoms with Gasteiger partial charge in [0.05, 0.1) is 6.54 Å². The number of amides is 1. The number of piperazine rings is 1. The van der Waals surface area contributed by atoms with Crippen LogP contribution in [0, 0.1) is 5.92 Å². The van der Waals surface area contributed by atoms with Gasteiger partial charge in [-0.15, -0.1) is 0 Å². The number of carbonyl (C=O) groups is 1. The molecule has 22 heavy (non-hydrogen) atoms. The summed E-state index contributed by atoms with van der Waals surface area (Å²) in [7, 11) is 0. The molecule has 1 N–H and O–H groups in total. The van der Waals surface area contributed by atoms with Crippen molar-refractivity contribution in [2.24, 2.45) is 5.92 Å². The topological polar surface area (TPSA) is 35.6 Å². The van der Waals surface area contributed by atoms with Gasteiger partial charge in [-0.1, -0.05) is 31.9 Å². The number of halogens is 2. The predicted octanol–water partition coefficient (Wildman–Crippen LogP) is 3.18. The highest BCUT2D eigenvalue weighted by Crippen LogP contribution is 2.29. The number of anilines is 1. The van der Waals surface area contributed by atoms with Crippen molar-refractivity contribution in [3.8, 4) is 0 Å². The first-order valence-electron chi connectivity index (χ1n) is 7.79. The Kier molecular flexibility index (Phi) is 5.55. The van der Waals surface area contributed by atoms with E-state index in [9.17, 15) is 4.79 Å². The van der Waals surface area contributed by atoms with Crippen molar-refractivity contribution in [1.82, 2.24) is 9.80 Å². The zero-order valence-corrected chi connectivity index (χ0v) is 15.7. The number of nitrogens with zero attached hydrogens (tertiary/aromatic N) is 2. The Morgan fingerprint density at radius 2 is 1.64 bits per heavy atom. The monoisotopic (exact) mass is 429 g/mol. The van der Waals surface area contributed by atoms with Gasteiger partial charge in [0.1, 0.15) is 0 Å². The Balaban J connectivity index is 1.43. The quantitative estimate of drug-likeness (QED) is 0.779. The Hall–Kier alpha value is -0.430. The third-order valence-electron chi connectivity index (χ3n) is 4.19. The number of carbonyl (C=O) groups excluding carboxylic acids is 1. The molecule has 1 amide bonds. The minimum absolute atomic E-state index is 0.0562. The highest BCUT2D eigenvalue weighted by Gasteiger charge is 2.26. The van der Waals surface area contributed by atoms with Crippen molar-refractivity contribution in [2.45, 2.75) is 12.8 Å². The number of rotatable bonds is 5. The fourth-order valence-corrected chi connectivity index (χ4v) is 4.12. The SMILES string of the molecule is O=C(CN1CCN(CC2CC2)CC1)Nc1cc(Br)cc(Br)c1. The maximum absolute atomic E-state index is 12.2. The molecule has 2 fully saturated rings. The molecule has 6 heteroatoms. The fourth-order valence-electron chi connectivity index (χ4n) is 2.83. The van der Waals surface area contributed by atoms with E-state index < -0.39 is 0 Å². The Morgan fingerprint density at radius 3 is 2.23 bits per heavy atom. The summed E-state index contributed by atoms with van der Waals surface area (Å²) in [6, 6.07) is 5.78. The first kappa shape index (κ1) is 16.4. The summed E-state index contributed by atoms with van der Waals surface area (Å²) in [4.78, 5) is 17.0. The summed E-state index contributed by atoms with van der Waals surface area (Å²) in [5, 5.41) is 2.97. The maximum Gasteiger partial charge on any atom is 0.238 e.